The van der Waals surface area contributed by atoms with Crippen LogP contribution >= 0.6 is 0 Å². The van der Waals surface area contributed by atoms with Crippen molar-refractivity contribution in [3.63, 3.8) is 0 Å². The second kappa shape index (κ2) is 6.46. The van der Waals surface area contributed by atoms with Gasteiger partial charge in [0.1, 0.15) is 0 Å². The minimum absolute atomic E-state index is 0.104. The highest BCUT2D eigenvalue weighted by atomic mass is 16.5. The van der Waals surface area contributed by atoms with E-state index in [0.717, 1.165) is 38.5 Å². The lowest BCUT2D eigenvalue weighted by Crippen LogP contribution is -2.45. The average Bonchev–Trinajstić information content (AvgIpc) is 2.28. The van der Waals surface area contributed by atoms with Crippen molar-refractivity contribution in [2.75, 3.05) is 26.4 Å². The molecule has 0 aliphatic carbocycles. The van der Waals surface area contributed by atoms with E-state index >= 15 is 0 Å². The van der Waals surface area contributed by atoms with E-state index in [-0.39, 0.29) is 12.1 Å². The number of nitrogens with one attached hydrogen (secondary N) is 1. The Morgan fingerprint density at radius 2 is 2.07 bits per heavy atom. The molecular formula is C12H25NO2. The molecule has 15 heavy (non-hydrogen) atoms. The molecule has 3 nitrogen and oxygen atoms in total. The van der Waals surface area contributed by atoms with Crippen LogP contribution in [-0.4, -0.2) is 37.0 Å². The summed E-state index contributed by atoms with van der Waals surface area (Å²) in [4.78, 5) is 0. The van der Waals surface area contributed by atoms with Crippen LogP contribution in [0.3, 0.4) is 0 Å². The summed E-state index contributed by atoms with van der Waals surface area (Å²) in [7, 11) is 0. The van der Waals surface area contributed by atoms with Crippen LogP contribution in [-0.2, 0) is 4.74 Å². The first-order chi connectivity index (χ1) is 7.20. The zero-order valence-electron chi connectivity index (χ0n) is 10.1. The normalized spacial score (nSPS) is 22.6. The van der Waals surface area contributed by atoms with Crippen molar-refractivity contribution in [1.82, 2.24) is 5.32 Å². The number of ether oxygens (including phenoxy) is 1. The molecule has 0 saturated carbocycles. The Balaban J connectivity index is 2.25. The third kappa shape index (κ3) is 4.49. The third-order valence-electron chi connectivity index (χ3n) is 3.60. The summed E-state index contributed by atoms with van der Waals surface area (Å²) in [6, 6.07) is 0. The Kier molecular flexibility index (Phi) is 5.58. The molecule has 1 fully saturated rings. The molecule has 0 aromatic heterocycles. The number of aliphatic hydroxyl groups excluding tert-OH is 1. The lowest BCUT2D eigenvalue weighted by Gasteiger charge is -2.32. The highest BCUT2D eigenvalue weighted by molar-refractivity contribution is 4.82. The first kappa shape index (κ1) is 12.9. The van der Waals surface area contributed by atoms with Crippen molar-refractivity contribution in [1.29, 1.82) is 0 Å². The van der Waals surface area contributed by atoms with Gasteiger partial charge in [-0.1, -0.05) is 6.92 Å². The largest absolute Gasteiger partial charge is 0.396 e. The van der Waals surface area contributed by atoms with Crippen molar-refractivity contribution >= 4 is 0 Å². The second-order valence-electron chi connectivity index (χ2n) is 4.82. The molecule has 0 amide bonds. The fourth-order valence-electron chi connectivity index (χ4n) is 1.98. The molecule has 1 rings (SSSR count). The molecule has 1 heterocycles. The first-order valence-electron chi connectivity index (χ1n) is 6.14. The van der Waals surface area contributed by atoms with E-state index in [1.165, 1.54) is 12.8 Å². The monoisotopic (exact) mass is 215 g/mol. The summed E-state index contributed by atoms with van der Waals surface area (Å²) in [5.74, 6) is 0.753. The predicted molar refractivity (Wildman–Crippen MR) is 61.9 cm³/mol. The molecule has 1 aliphatic heterocycles. The van der Waals surface area contributed by atoms with Crippen molar-refractivity contribution in [3.8, 4) is 0 Å². The molecule has 1 atom stereocenters. The number of hydrogen-bond donors (Lipinski definition) is 2. The Morgan fingerprint density at radius 3 is 2.60 bits per heavy atom. The molecule has 1 saturated heterocycles. The molecule has 0 spiro atoms. The summed E-state index contributed by atoms with van der Waals surface area (Å²) in [5.41, 5.74) is 0.104. The molecule has 0 radical (unpaired) electrons. The SMILES string of the molecule is CCC(C)(CCO)NCC1CCOCC1. The van der Waals surface area contributed by atoms with E-state index in [1.54, 1.807) is 0 Å². The van der Waals surface area contributed by atoms with Gasteiger partial charge in [-0.25, -0.2) is 0 Å². The van der Waals surface area contributed by atoms with Crippen molar-refractivity contribution in [2.45, 2.75) is 45.1 Å². The van der Waals surface area contributed by atoms with Crippen LogP contribution in [0.1, 0.15) is 39.5 Å². The Hall–Kier alpha value is -0.120. The Bertz CT molecular complexity index is 169. The average molecular weight is 215 g/mol. The van der Waals surface area contributed by atoms with Gasteiger partial charge in [0.25, 0.3) is 0 Å². The number of hydrogen-bond acceptors (Lipinski definition) is 3. The first-order valence-corrected chi connectivity index (χ1v) is 6.14. The van der Waals surface area contributed by atoms with E-state index in [2.05, 4.69) is 19.2 Å². The van der Waals surface area contributed by atoms with Gasteiger partial charge in [-0.05, 0) is 45.1 Å². The van der Waals surface area contributed by atoms with Crippen LogP contribution in [0.4, 0.5) is 0 Å². The Morgan fingerprint density at radius 1 is 1.40 bits per heavy atom. The predicted octanol–water partition coefficient (Wildman–Crippen LogP) is 1.55. The van der Waals surface area contributed by atoms with Crippen molar-refractivity contribution in [3.05, 3.63) is 0 Å². The maximum Gasteiger partial charge on any atom is 0.0469 e. The van der Waals surface area contributed by atoms with Gasteiger partial charge >= 0.3 is 0 Å². The smallest absolute Gasteiger partial charge is 0.0469 e. The van der Waals surface area contributed by atoms with Crippen LogP contribution in [0.2, 0.25) is 0 Å². The third-order valence-corrected chi connectivity index (χ3v) is 3.60. The van der Waals surface area contributed by atoms with Crippen LogP contribution in [0.5, 0.6) is 0 Å². The highest BCUT2D eigenvalue weighted by Gasteiger charge is 2.22. The molecular weight excluding hydrogens is 190 g/mol. The fraction of sp³-hybridized carbons (Fsp3) is 1.00. The minimum atomic E-state index is 0.104. The molecule has 90 valence electrons. The zero-order chi connectivity index (χ0) is 11.1. The summed E-state index contributed by atoms with van der Waals surface area (Å²) >= 11 is 0. The van der Waals surface area contributed by atoms with Gasteiger partial charge in [0.05, 0.1) is 0 Å². The maximum absolute atomic E-state index is 9.01. The summed E-state index contributed by atoms with van der Waals surface area (Å²) in [6.07, 6.45) is 4.25. The quantitative estimate of drug-likeness (QED) is 0.706. The molecule has 2 N–H and O–H groups in total. The molecule has 1 aliphatic rings. The van der Waals surface area contributed by atoms with E-state index in [0.29, 0.717) is 0 Å². The van der Waals surface area contributed by atoms with E-state index in [9.17, 15) is 0 Å². The van der Waals surface area contributed by atoms with E-state index in [1.807, 2.05) is 0 Å². The van der Waals surface area contributed by atoms with Gasteiger partial charge in [0, 0.05) is 25.4 Å². The summed E-state index contributed by atoms with van der Waals surface area (Å²) in [5, 5.41) is 12.6. The van der Waals surface area contributed by atoms with Gasteiger partial charge in [-0.2, -0.15) is 0 Å². The van der Waals surface area contributed by atoms with E-state index in [4.69, 9.17) is 9.84 Å². The van der Waals surface area contributed by atoms with E-state index < -0.39 is 0 Å². The fourth-order valence-corrected chi connectivity index (χ4v) is 1.98. The van der Waals surface area contributed by atoms with Crippen LogP contribution in [0.15, 0.2) is 0 Å². The van der Waals surface area contributed by atoms with Crippen LogP contribution in [0.25, 0.3) is 0 Å². The minimum Gasteiger partial charge on any atom is -0.396 e. The van der Waals surface area contributed by atoms with Crippen molar-refractivity contribution in [2.24, 2.45) is 5.92 Å². The number of aliphatic hydroxyl groups is 1. The van der Waals surface area contributed by atoms with Gasteiger partial charge in [-0.15, -0.1) is 0 Å². The lowest BCUT2D eigenvalue weighted by molar-refractivity contribution is 0.0626. The Labute approximate surface area is 93.2 Å². The topological polar surface area (TPSA) is 41.5 Å². The van der Waals surface area contributed by atoms with Crippen molar-refractivity contribution < 1.29 is 9.84 Å². The van der Waals surface area contributed by atoms with Gasteiger partial charge in [0.15, 0.2) is 0 Å². The lowest BCUT2D eigenvalue weighted by atomic mass is 9.92. The highest BCUT2D eigenvalue weighted by Crippen LogP contribution is 2.18. The number of rotatable bonds is 6. The van der Waals surface area contributed by atoms with Crippen LogP contribution < -0.4 is 5.32 Å². The second-order valence-corrected chi connectivity index (χ2v) is 4.82. The van der Waals surface area contributed by atoms with Crippen LogP contribution in [0, 0.1) is 5.92 Å². The molecule has 0 bridgehead atoms. The molecule has 1 unspecified atom stereocenters. The van der Waals surface area contributed by atoms with Gasteiger partial charge in [0.2, 0.25) is 0 Å². The molecule has 0 aromatic carbocycles. The maximum atomic E-state index is 9.01. The zero-order valence-corrected chi connectivity index (χ0v) is 10.1. The standard InChI is InChI=1S/C12H25NO2/c1-3-12(2,6-7-14)13-10-11-4-8-15-9-5-11/h11,13-14H,3-10H2,1-2H3. The van der Waals surface area contributed by atoms with Gasteiger partial charge < -0.3 is 15.2 Å². The molecule has 3 heteroatoms. The van der Waals surface area contributed by atoms with Gasteiger partial charge in [-0.3, -0.25) is 0 Å². The molecule has 0 aromatic rings. The summed E-state index contributed by atoms with van der Waals surface area (Å²) in [6.45, 7) is 7.53. The summed E-state index contributed by atoms with van der Waals surface area (Å²) < 4.78 is 5.34.